The highest BCUT2D eigenvalue weighted by Crippen LogP contribution is 2.28. The van der Waals surface area contributed by atoms with E-state index in [9.17, 15) is 14.7 Å². The first-order valence-electron chi connectivity index (χ1n) is 5.79. The lowest BCUT2D eigenvalue weighted by molar-refractivity contribution is -0.161. The van der Waals surface area contributed by atoms with E-state index in [2.05, 4.69) is 15.5 Å². The van der Waals surface area contributed by atoms with Gasteiger partial charge in [0, 0.05) is 6.54 Å². The molecule has 8 nitrogen and oxygen atoms in total. The van der Waals surface area contributed by atoms with Crippen LogP contribution in [0.3, 0.4) is 0 Å². The fraction of sp³-hybridized carbons (Fsp3) is 0.700. The highest BCUT2D eigenvalue weighted by Gasteiger charge is 2.43. The summed E-state index contributed by atoms with van der Waals surface area (Å²) in [4.78, 5) is 24.9. The van der Waals surface area contributed by atoms with E-state index in [0.717, 1.165) is 12.8 Å². The zero-order valence-electron chi connectivity index (χ0n) is 10.1. The number of hydrogen-bond donors (Lipinski definition) is 1. The Morgan fingerprint density at radius 2 is 2.22 bits per heavy atom. The summed E-state index contributed by atoms with van der Waals surface area (Å²) in [6, 6.07) is 0. The molecule has 1 aromatic rings. The van der Waals surface area contributed by atoms with E-state index in [1.807, 2.05) is 0 Å². The fourth-order valence-corrected chi connectivity index (χ4v) is 2.22. The first kappa shape index (κ1) is 12.5. The predicted octanol–water partition coefficient (Wildman–Crippen LogP) is -0.471. The molecule has 8 heteroatoms. The molecule has 1 unspecified atom stereocenters. The molecule has 1 fully saturated rings. The van der Waals surface area contributed by atoms with Crippen LogP contribution in [-0.2, 0) is 16.1 Å². The van der Waals surface area contributed by atoms with E-state index in [4.69, 9.17) is 0 Å². The number of carbonyl (C=O) groups is 2. The number of tetrazole rings is 1. The molecule has 1 amide bonds. The minimum Gasteiger partial charge on any atom is -0.480 e. The molecular weight excluding hydrogens is 238 g/mol. The number of piperidine rings is 1. The van der Waals surface area contributed by atoms with Gasteiger partial charge >= 0.3 is 5.97 Å². The quantitative estimate of drug-likeness (QED) is 0.781. The van der Waals surface area contributed by atoms with Crippen LogP contribution in [0.15, 0.2) is 6.33 Å². The van der Waals surface area contributed by atoms with E-state index in [1.54, 1.807) is 6.92 Å². The van der Waals surface area contributed by atoms with Gasteiger partial charge in [0.25, 0.3) is 0 Å². The van der Waals surface area contributed by atoms with Crippen molar-refractivity contribution in [2.75, 3.05) is 6.54 Å². The monoisotopic (exact) mass is 253 g/mol. The Morgan fingerprint density at radius 3 is 2.83 bits per heavy atom. The lowest BCUT2D eigenvalue weighted by Gasteiger charge is -2.41. The van der Waals surface area contributed by atoms with Crippen molar-refractivity contribution in [2.24, 2.45) is 0 Å². The van der Waals surface area contributed by atoms with Crippen molar-refractivity contribution >= 4 is 11.9 Å². The van der Waals surface area contributed by atoms with Crippen LogP contribution in [0.1, 0.15) is 26.2 Å². The molecule has 0 bridgehead atoms. The van der Waals surface area contributed by atoms with Crippen LogP contribution in [0.2, 0.25) is 0 Å². The third kappa shape index (κ3) is 2.18. The molecule has 1 aromatic heterocycles. The Hall–Kier alpha value is -1.99. The first-order valence-corrected chi connectivity index (χ1v) is 5.79. The minimum absolute atomic E-state index is 0.0319. The summed E-state index contributed by atoms with van der Waals surface area (Å²) >= 11 is 0. The largest absolute Gasteiger partial charge is 0.480 e. The Kier molecular flexibility index (Phi) is 3.26. The van der Waals surface area contributed by atoms with E-state index < -0.39 is 11.5 Å². The van der Waals surface area contributed by atoms with Gasteiger partial charge in [-0.2, -0.15) is 0 Å². The molecule has 0 spiro atoms. The maximum Gasteiger partial charge on any atom is 0.329 e. The zero-order valence-corrected chi connectivity index (χ0v) is 10.1. The van der Waals surface area contributed by atoms with Crippen molar-refractivity contribution in [3.8, 4) is 0 Å². The van der Waals surface area contributed by atoms with Crippen molar-refractivity contribution in [1.29, 1.82) is 0 Å². The first-order chi connectivity index (χ1) is 8.54. The van der Waals surface area contributed by atoms with Crippen LogP contribution >= 0.6 is 0 Å². The van der Waals surface area contributed by atoms with Crippen LogP contribution in [0.25, 0.3) is 0 Å². The zero-order chi connectivity index (χ0) is 13.2. The third-order valence-corrected chi connectivity index (χ3v) is 3.34. The van der Waals surface area contributed by atoms with Gasteiger partial charge in [-0.1, -0.05) is 0 Å². The highest BCUT2D eigenvalue weighted by molar-refractivity contribution is 5.86. The van der Waals surface area contributed by atoms with Crippen molar-refractivity contribution in [2.45, 2.75) is 38.3 Å². The molecule has 1 aliphatic heterocycles. The van der Waals surface area contributed by atoms with Crippen LogP contribution in [0.5, 0.6) is 0 Å². The molecule has 1 atom stereocenters. The standard InChI is InChI=1S/C10H15N5O3/c1-10(9(17)18)4-2-3-5-15(10)8(16)6-14-7-11-12-13-14/h7H,2-6H2,1H3,(H,17,18). The summed E-state index contributed by atoms with van der Waals surface area (Å²) in [6.07, 6.45) is 3.45. The Bertz CT molecular complexity index is 446. The van der Waals surface area contributed by atoms with Crippen LogP contribution in [0, 0.1) is 0 Å². The van der Waals surface area contributed by atoms with E-state index in [-0.39, 0.29) is 12.5 Å². The van der Waals surface area contributed by atoms with Crippen LogP contribution < -0.4 is 0 Å². The summed E-state index contributed by atoms with van der Waals surface area (Å²) in [6.45, 7) is 2.02. The van der Waals surface area contributed by atoms with Gasteiger partial charge in [0.2, 0.25) is 5.91 Å². The van der Waals surface area contributed by atoms with E-state index in [1.165, 1.54) is 15.9 Å². The summed E-state index contributed by atoms with van der Waals surface area (Å²) in [5.41, 5.74) is -1.12. The third-order valence-electron chi connectivity index (χ3n) is 3.34. The summed E-state index contributed by atoms with van der Waals surface area (Å²) < 4.78 is 1.29. The van der Waals surface area contributed by atoms with Gasteiger partial charge in [-0.05, 0) is 36.6 Å². The second-order valence-corrected chi connectivity index (χ2v) is 4.59. The molecule has 0 aromatic carbocycles. The highest BCUT2D eigenvalue weighted by atomic mass is 16.4. The van der Waals surface area contributed by atoms with Gasteiger partial charge in [0.1, 0.15) is 18.4 Å². The Labute approximate surface area is 104 Å². The number of hydrogen-bond acceptors (Lipinski definition) is 5. The second-order valence-electron chi connectivity index (χ2n) is 4.59. The average molecular weight is 253 g/mol. The molecule has 1 saturated heterocycles. The number of carbonyl (C=O) groups excluding carboxylic acids is 1. The molecule has 2 rings (SSSR count). The summed E-state index contributed by atoms with van der Waals surface area (Å²) in [7, 11) is 0. The number of aromatic nitrogens is 4. The predicted molar refractivity (Wildman–Crippen MR) is 59.4 cm³/mol. The second kappa shape index (κ2) is 4.71. The number of carboxylic acid groups (broad SMARTS) is 1. The number of nitrogens with zero attached hydrogens (tertiary/aromatic N) is 5. The van der Waals surface area contributed by atoms with Gasteiger partial charge in [0.05, 0.1) is 0 Å². The number of carboxylic acids is 1. The lowest BCUT2D eigenvalue weighted by atomic mass is 9.88. The van der Waals surface area contributed by atoms with Crippen LogP contribution in [0.4, 0.5) is 0 Å². The van der Waals surface area contributed by atoms with Gasteiger partial charge in [-0.15, -0.1) is 5.10 Å². The SMILES string of the molecule is CC1(C(=O)O)CCCCN1C(=O)Cn1cnnn1. The van der Waals surface area contributed by atoms with E-state index in [0.29, 0.717) is 13.0 Å². The summed E-state index contributed by atoms with van der Waals surface area (Å²) in [5, 5.41) is 19.8. The molecule has 0 saturated carbocycles. The lowest BCUT2D eigenvalue weighted by Crippen LogP contribution is -2.58. The van der Waals surface area contributed by atoms with Crippen molar-refractivity contribution < 1.29 is 14.7 Å². The summed E-state index contributed by atoms with van der Waals surface area (Å²) in [5.74, 6) is -1.24. The minimum atomic E-state index is -1.12. The average Bonchev–Trinajstić information content (AvgIpc) is 2.82. The van der Waals surface area contributed by atoms with Crippen molar-refractivity contribution in [1.82, 2.24) is 25.1 Å². The van der Waals surface area contributed by atoms with Gasteiger partial charge in [-0.25, -0.2) is 9.48 Å². The molecule has 1 N–H and O–H groups in total. The number of aliphatic carboxylic acids is 1. The topological polar surface area (TPSA) is 101 Å². The molecule has 1 aliphatic rings. The van der Waals surface area contributed by atoms with E-state index >= 15 is 0 Å². The van der Waals surface area contributed by atoms with Crippen LogP contribution in [-0.4, -0.2) is 54.2 Å². The fourth-order valence-electron chi connectivity index (χ4n) is 2.22. The maximum atomic E-state index is 12.1. The van der Waals surface area contributed by atoms with Gasteiger partial charge in [-0.3, -0.25) is 4.79 Å². The molecular formula is C10H15N5O3. The molecule has 0 aliphatic carbocycles. The molecule has 98 valence electrons. The van der Waals surface area contributed by atoms with Crippen molar-refractivity contribution in [3.05, 3.63) is 6.33 Å². The number of rotatable bonds is 3. The maximum absolute atomic E-state index is 12.1. The smallest absolute Gasteiger partial charge is 0.329 e. The number of amides is 1. The molecule has 18 heavy (non-hydrogen) atoms. The van der Waals surface area contributed by atoms with Gasteiger partial charge < -0.3 is 10.0 Å². The van der Waals surface area contributed by atoms with Gasteiger partial charge in [0.15, 0.2) is 0 Å². The Morgan fingerprint density at radius 1 is 1.44 bits per heavy atom. The Balaban J connectivity index is 2.14. The molecule has 0 radical (unpaired) electrons. The normalized spacial score (nSPS) is 23.9. The molecule has 2 heterocycles. The number of likely N-dealkylation sites (tertiary alicyclic amines) is 1. The van der Waals surface area contributed by atoms with Crippen molar-refractivity contribution in [3.63, 3.8) is 0 Å².